The minimum absolute atomic E-state index is 0.569. The lowest BCUT2D eigenvalue weighted by molar-refractivity contribution is -0.108. The Morgan fingerprint density at radius 1 is 1.71 bits per heavy atom. The number of hydrogen-bond donors (Lipinski definition) is 0. The zero-order valence-corrected chi connectivity index (χ0v) is 4.74. The maximum atomic E-state index is 9.69. The number of epoxide rings is 1. The molecule has 1 unspecified atom stereocenters. The molecule has 4 heteroatoms. The van der Waals surface area contributed by atoms with Crippen LogP contribution >= 0.6 is 23.2 Å². The van der Waals surface area contributed by atoms with Gasteiger partial charge in [-0.05, 0) is 0 Å². The highest BCUT2D eigenvalue weighted by atomic mass is 35.5. The molecule has 7 heavy (non-hydrogen) atoms. The molecule has 0 aromatic carbocycles. The number of aldehydes is 1. The summed E-state index contributed by atoms with van der Waals surface area (Å²) in [5.74, 6) is 0. The predicted molar refractivity (Wildman–Crippen MR) is 25.4 cm³/mol. The first kappa shape index (κ1) is 5.35. The highest BCUT2D eigenvalue weighted by molar-refractivity contribution is 6.50. The van der Waals surface area contributed by atoms with E-state index in [0.29, 0.717) is 6.29 Å². The molecular weight excluding hydrogens is 139 g/mol. The molecule has 1 aliphatic rings. The van der Waals surface area contributed by atoms with Crippen molar-refractivity contribution in [2.24, 2.45) is 0 Å². The maximum Gasteiger partial charge on any atom is 0.252 e. The van der Waals surface area contributed by atoms with E-state index in [-0.39, 0.29) is 0 Å². The van der Waals surface area contributed by atoms with Crippen LogP contribution in [0.4, 0.5) is 0 Å². The number of carbonyl (C=O) groups is 1. The van der Waals surface area contributed by atoms with Gasteiger partial charge in [0.15, 0.2) is 12.4 Å². The zero-order valence-electron chi connectivity index (χ0n) is 3.23. The van der Waals surface area contributed by atoms with Crippen molar-refractivity contribution in [3.8, 4) is 0 Å². The second kappa shape index (κ2) is 1.34. The van der Waals surface area contributed by atoms with Crippen LogP contribution in [-0.4, -0.2) is 16.9 Å². The average Bonchev–Trinajstić information content (AvgIpc) is 2.13. The van der Waals surface area contributed by atoms with Crippen LogP contribution in [0.1, 0.15) is 0 Å². The molecule has 1 heterocycles. The van der Waals surface area contributed by atoms with Crippen LogP contribution in [0.3, 0.4) is 0 Å². The average molecular weight is 141 g/mol. The molecule has 0 N–H and O–H groups in total. The van der Waals surface area contributed by atoms with Gasteiger partial charge in [0.1, 0.15) is 0 Å². The van der Waals surface area contributed by atoms with Crippen LogP contribution in [-0.2, 0) is 9.53 Å². The summed E-state index contributed by atoms with van der Waals surface area (Å²) in [5.41, 5.74) is 0. The number of carbonyl (C=O) groups excluding carboxylic acids is 1. The third-order valence-electron chi connectivity index (χ3n) is 0.682. The van der Waals surface area contributed by atoms with Crippen LogP contribution in [0.2, 0.25) is 0 Å². The fourth-order valence-electron chi connectivity index (χ4n) is 0.242. The summed E-state index contributed by atoms with van der Waals surface area (Å²) in [4.78, 5) is 9.69. The van der Waals surface area contributed by atoms with Gasteiger partial charge in [-0.15, -0.1) is 0 Å². The van der Waals surface area contributed by atoms with Crippen molar-refractivity contribution in [2.45, 2.75) is 10.6 Å². The number of alkyl halides is 2. The third-order valence-corrected chi connectivity index (χ3v) is 1.29. The van der Waals surface area contributed by atoms with Crippen LogP contribution in [0.25, 0.3) is 0 Å². The highest BCUT2D eigenvalue weighted by Crippen LogP contribution is 2.43. The molecule has 0 aromatic rings. The largest absolute Gasteiger partial charge is 0.327 e. The van der Waals surface area contributed by atoms with Crippen molar-refractivity contribution in [1.82, 2.24) is 0 Å². The molecule has 1 aliphatic heterocycles. The maximum absolute atomic E-state index is 9.69. The van der Waals surface area contributed by atoms with Gasteiger partial charge in [0.25, 0.3) is 4.52 Å². The van der Waals surface area contributed by atoms with E-state index in [2.05, 4.69) is 4.74 Å². The topological polar surface area (TPSA) is 29.6 Å². The van der Waals surface area contributed by atoms with Crippen molar-refractivity contribution >= 4 is 29.5 Å². The minimum atomic E-state index is -1.21. The molecule has 2 nitrogen and oxygen atoms in total. The summed E-state index contributed by atoms with van der Waals surface area (Å²) in [5, 5.41) is 0. The summed E-state index contributed by atoms with van der Waals surface area (Å²) in [6, 6.07) is 0. The van der Waals surface area contributed by atoms with Crippen LogP contribution in [0.15, 0.2) is 0 Å². The second-order valence-electron chi connectivity index (χ2n) is 1.24. The second-order valence-corrected chi connectivity index (χ2v) is 2.55. The molecule has 0 bridgehead atoms. The lowest BCUT2D eigenvalue weighted by Gasteiger charge is -1.77. The number of rotatable bonds is 1. The van der Waals surface area contributed by atoms with Crippen LogP contribution < -0.4 is 0 Å². The van der Waals surface area contributed by atoms with Crippen molar-refractivity contribution in [3.05, 3.63) is 0 Å². The standard InChI is InChI=1S/C3H2Cl2O2/c4-3(5)2(1-6)7-3/h1-2H. The normalized spacial score (nSPS) is 34.9. The van der Waals surface area contributed by atoms with Crippen molar-refractivity contribution in [3.63, 3.8) is 0 Å². The van der Waals surface area contributed by atoms with Gasteiger partial charge < -0.3 is 9.53 Å². The molecule has 0 saturated carbocycles. The molecule has 0 aliphatic carbocycles. The Morgan fingerprint density at radius 3 is 2.14 bits per heavy atom. The Bertz CT molecular complexity index is 101. The third kappa shape index (κ3) is 0.876. The van der Waals surface area contributed by atoms with E-state index >= 15 is 0 Å². The summed E-state index contributed by atoms with van der Waals surface area (Å²) in [6.07, 6.45) is -0.0316. The van der Waals surface area contributed by atoms with E-state index < -0.39 is 10.6 Å². The van der Waals surface area contributed by atoms with Gasteiger partial charge >= 0.3 is 0 Å². The van der Waals surface area contributed by atoms with E-state index in [4.69, 9.17) is 23.2 Å². The smallest absolute Gasteiger partial charge is 0.252 e. The first-order chi connectivity index (χ1) is 3.17. The number of halogens is 2. The quantitative estimate of drug-likeness (QED) is 0.305. The number of hydrogen-bond acceptors (Lipinski definition) is 2. The summed E-state index contributed by atoms with van der Waals surface area (Å²) in [7, 11) is 0. The highest BCUT2D eigenvalue weighted by Gasteiger charge is 2.54. The lowest BCUT2D eigenvalue weighted by atomic mass is 10.5. The molecule has 0 aromatic heterocycles. The fraction of sp³-hybridized carbons (Fsp3) is 0.667. The predicted octanol–water partition coefficient (Wildman–Crippen LogP) is 0.716. The Hall–Kier alpha value is 0.210. The van der Waals surface area contributed by atoms with Gasteiger partial charge in [-0.3, -0.25) is 0 Å². The van der Waals surface area contributed by atoms with Crippen molar-refractivity contribution < 1.29 is 9.53 Å². The molecule has 1 saturated heterocycles. The first-order valence-corrected chi connectivity index (χ1v) is 2.43. The van der Waals surface area contributed by atoms with Gasteiger partial charge in [0.05, 0.1) is 0 Å². The Labute approximate surface area is 50.3 Å². The molecular formula is C3H2Cl2O2. The Balaban J connectivity index is 2.44. The van der Waals surface area contributed by atoms with Crippen LogP contribution in [0.5, 0.6) is 0 Å². The van der Waals surface area contributed by atoms with E-state index in [1.54, 1.807) is 0 Å². The van der Waals surface area contributed by atoms with Gasteiger partial charge in [-0.1, -0.05) is 23.2 Å². The summed E-state index contributed by atoms with van der Waals surface area (Å²) < 4.78 is 3.21. The van der Waals surface area contributed by atoms with Crippen molar-refractivity contribution in [1.29, 1.82) is 0 Å². The van der Waals surface area contributed by atoms with E-state index in [1.807, 2.05) is 0 Å². The molecule has 1 atom stereocenters. The van der Waals surface area contributed by atoms with E-state index in [9.17, 15) is 4.79 Å². The Kier molecular flexibility index (Phi) is 1.02. The summed E-state index contributed by atoms with van der Waals surface area (Å²) in [6.45, 7) is 0. The molecule has 0 amide bonds. The fourth-order valence-corrected chi connectivity index (χ4v) is 0.537. The lowest BCUT2D eigenvalue weighted by Crippen LogP contribution is -1.94. The van der Waals surface area contributed by atoms with Gasteiger partial charge in [0.2, 0.25) is 0 Å². The monoisotopic (exact) mass is 140 g/mol. The molecule has 40 valence electrons. The summed E-state index contributed by atoms with van der Waals surface area (Å²) >= 11 is 10.4. The molecule has 1 fully saturated rings. The van der Waals surface area contributed by atoms with E-state index in [0.717, 1.165) is 0 Å². The number of ether oxygens (including phenoxy) is 1. The minimum Gasteiger partial charge on any atom is -0.327 e. The SMILES string of the molecule is O=CC1OC1(Cl)Cl. The van der Waals surface area contributed by atoms with E-state index in [1.165, 1.54) is 0 Å². The first-order valence-electron chi connectivity index (χ1n) is 1.68. The van der Waals surface area contributed by atoms with Gasteiger partial charge in [-0.25, -0.2) is 0 Å². The molecule has 0 spiro atoms. The Morgan fingerprint density at radius 2 is 2.14 bits per heavy atom. The molecule has 0 radical (unpaired) electrons. The van der Waals surface area contributed by atoms with Gasteiger partial charge in [0, 0.05) is 0 Å². The van der Waals surface area contributed by atoms with Crippen LogP contribution in [0, 0.1) is 0 Å². The van der Waals surface area contributed by atoms with Crippen molar-refractivity contribution in [2.75, 3.05) is 0 Å². The zero-order chi connectivity index (χ0) is 5.49. The molecule has 1 rings (SSSR count). The van der Waals surface area contributed by atoms with Gasteiger partial charge in [-0.2, -0.15) is 0 Å².